The topological polar surface area (TPSA) is 106 Å². The van der Waals surface area contributed by atoms with Crippen molar-refractivity contribution < 1.29 is 18.3 Å². The minimum atomic E-state index is -0.771. The maximum Gasteiger partial charge on any atom is 0.410 e. The van der Waals surface area contributed by atoms with Gasteiger partial charge in [-0.1, -0.05) is 13.8 Å². The molecule has 1 fully saturated rings. The van der Waals surface area contributed by atoms with Crippen LogP contribution in [0.2, 0.25) is 0 Å². The molecule has 0 bridgehead atoms. The van der Waals surface area contributed by atoms with Crippen molar-refractivity contribution in [1.29, 1.82) is 0 Å². The average Bonchev–Trinajstić information content (AvgIpc) is 3.45. The van der Waals surface area contributed by atoms with Crippen molar-refractivity contribution in [2.24, 2.45) is 0 Å². The first-order valence-corrected chi connectivity index (χ1v) is 16.0. The predicted molar refractivity (Wildman–Crippen MR) is 175 cm³/mol. The number of pyridine rings is 2. The largest absolute Gasteiger partial charge is 0.444 e. The zero-order chi connectivity index (χ0) is 33.1. The van der Waals surface area contributed by atoms with Gasteiger partial charge in [-0.15, -0.1) is 11.3 Å². The number of aromatic nitrogens is 5. The molecule has 0 N–H and O–H groups in total. The normalized spacial score (nSPS) is 15.7. The number of carbonyl (C=O) groups excluding carboxylic acids is 1. The second-order valence-corrected chi connectivity index (χ2v) is 13.7. The van der Waals surface area contributed by atoms with Crippen LogP contribution in [-0.4, -0.2) is 66.8 Å². The van der Waals surface area contributed by atoms with Gasteiger partial charge in [0.25, 0.3) is 0 Å². The summed E-state index contributed by atoms with van der Waals surface area (Å²) in [5.74, 6) is -1.26. The molecule has 1 aliphatic rings. The van der Waals surface area contributed by atoms with Gasteiger partial charge in [0.05, 0.1) is 38.1 Å². The number of thiazole rings is 1. The Morgan fingerprint density at radius 3 is 2.54 bits per heavy atom. The maximum atomic E-state index is 16.3. The molecule has 1 saturated heterocycles. The Bertz CT molecular complexity index is 2050. The van der Waals surface area contributed by atoms with Gasteiger partial charge in [-0.05, 0) is 70.4 Å². The zero-order valence-corrected chi connectivity index (χ0v) is 27.6. The Morgan fingerprint density at radius 2 is 1.85 bits per heavy atom. The summed E-state index contributed by atoms with van der Waals surface area (Å²) in [6.07, 6.45) is 1.24. The van der Waals surface area contributed by atoms with Crippen LogP contribution < -0.4 is 10.6 Å². The van der Waals surface area contributed by atoms with Crippen molar-refractivity contribution in [3.05, 3.63) is 69.3 Å². The minimum absolute atomic E-state index is 0.0249. The highest BCUT2D eigenvalue weighted by molar-refractivity contribution is 7.17. The predicted octanol–water partition coefficient (Wildman–Crippen LogP) is 6.61. The third-order valence-electron chi connectivity index (χ3n) is 7.96. The molecule has 0 saturated carbocycles. The Hall–Kier alpha value is -4.52. The lowest BCUT2D eigenvalue weighted by molar-refractivity contribution is 0.0218. The van der Waals surface area contributed by atoms with E-state index in [0.29, 0.717) is 41.2 Å². The molecule has 1 atom stereocenters. The number of nitrogens with zero attached hydrogens (tertiary/aromatic N) is 7. The van der Waals surface area contributed by atoms with Crippen LogP contribution in [0.15, 0.2) is 40.8 Å². The van der Waals surface area contributed by atoms with E-state index in [-0.39, 0.29) is 40.1 Å². The van der Waals surface area contributed by atoms with E-state index in [0.717, 1.165) is 5.56 Å². The molecule has 1 aliphatic heterocycles. The number of hydrogen-bond acceptors (Lipinski definition) is 9. The van der Waals surface area contributed by atoms with Gasteiger partial charge >= 0.3 is 11.8 Å². The number of piperazine rings is 1. The summed E-state index contributed by atoms with van der Waals surface area (Å²) < 4.78 is 39.1. The lowest BCUT2D eigenvalue weighted by atomic mass is 10.0. The number of rotatable bonds is 4. The summed E-state index contributed by atoms with van der Waals surface area (Å²) in [5, 5.41) is 0.272. The molecule has 13 heteroatoms. The molecule has 46 heavy (non-hydrogen) atoms. The van der Waals surface area contributed by atoms with Gasteiger partial charge in [0.15, 0.2) is 11.5 Å². The van der Waals surface area contributed by atoms with Crippen molar-refractivity contribution in [2.75, 3.05) is 24.5 Å². The first-order valence-electron chi connectivity index (χ1n) is 15.1. The van der Waals surface area contributed by atoms with Crippen molar-refractivity contribution >= 4 is 44.5 Å². The van der Waals surface area contributed by atoms with Crippen LogP contribution in [0.1, 0.15) is 58.7 Å². The number of fused-ring (bicyclic) bond motifs is 2. The fourth-order valence-electron chi connectivity index (χ4n) is 5.88. The number of amides is 1. The van der Waals surface area contributed by atoms with Gasteiger partial charge in [-0.3, -0.25) is 4.98 Å². The van der Waals surface area contributed by atoms with Crippen LogP contribution in [-0.2, 0) is 4.74 Å². The summed E-state index contributed by atoms with van der Waals surface area (Å²) in [6.45, 7) is 14.0. The third-order valence-corrected chi connectivity index (χ3v) is 8.82. The van der Waals surface area contributed by atoms with Crippen molar-refractivity contribution in [2.45, 2.75) is 66.0 Å². The Morgan fingerprint density at radius 1 is 1.09 bits per heavy atom. The molecule has 5 aromatic rings. The van der Waals surface area contributed by atoms with E-state index in [1.165, 1.54) is 34.1 Å². The van der Waals surface area contributed by atoms with Gasteiger partial charge < -0.3 is 14.5 Å². The van der Waals surface area contributed by atoms with Gasteiger partial charge in [-0.25, -0.2) is 32.9 Å². The number of hydrogen-bond donors (Lipinski definition) is 0. The lowest BCUT2D eigenvalue weighted by Gasteiger charge is -2.41. The van der Waals surface area contributed by atoms with Gasteiger partial charge in [-0.2, -0.15) is 4.98 Å². The van der Waals surface area contributed by atoms with Gasteiger partial charge in [0.1, 0.15) is 22.9 Å². The van der Waals surface area contributed by atoms with E-state index >= 15 is 8.78 Å². The van der Waals surface area contributed by atoms with Crippen molar-refractivity contribution in [1.82, 2.24) is 29.4 Å². The third kappa shape index (κ3) is 5.57. The average molecular weight is 648 g/mol. The lowest BCUT2D eigenvalue weighted by Crippen LogP contribution is -2.55. The summed E-state index contributed by atoms with van der Waals surface area (Å²) in [5.41, 5.74) is 2.53. The Balaban J connectivity index is 1.59. The van der Waals surface area contributed by atoms with Crippen LogP contribution in [0.25, 0.3) is 38.2 Å². The summed E-state index contributed by atoms with van der Waals surface area (Å²) >= 11 is 1.18. The van der Waals surface area contributed by atoms with Crippen LogP contribution in [0.3, 0.4) is 0 Å². The molecule has 0 radical (unpaired) electrons. The van der Waals surface area contributed by atoms with E-state index in [1.54, 1.807) is 43.4 Å². The van der Waals surface area contributed by atoms with Gasteiger partial charge in [0, 0.05) is 31.9 Å². The molecular weight excluding hydrogens is 612 g/mol. The molecule has 1 amide bonds. The highest BCUT2D eigenvalue weighted by Gasteiger charge is 2.33. The Kier molecular flexibility index (Phi) is 7.99. The standard InChI is InChI=1S/C33H35F2N7O3S/c1-17(2)25-27(18(3)10-11-36-25)42-30-20(14-22(35)26(38-30)24-21(34)8-9-23-28(24)46-16-37-23)29(39-31(42)43)41-13-12-40(15-19(41)4)32(44)45-33(5,6)7/h8-11,14,16-17,19H,12-13,15H2,1-7H3/t19-/m0/s1. The minimum Gasteiger partial charge on any atom is -0.444 e. The Labute approximate surface area is 268 Å². The smallest absolute Gasteiger partial charge is 0.410 e. The second kappa shape index (κ2) is 11.7. The first-order chi connectivity index (χ1) is 21.7. The summed E-state index contributed by atoms with van der Waals surface area (Å²) in [6, 6.07) is 5.52. The zero-order valence-electron chi connectivity index (χ0n) is 26.8. The quantitative estimate of drug-likeness (QED) is 0.215. The van der Waals surface area contributed by atoms with Crippen molar-refractivity contribution in [3.8, 4) is 16.9 Å². The monoisotopic (exact) mass is 647 g/mol. The first kappa shape index (κ1) is 31.5. The fourth-order valence-corrected chi connectivity index (χ4v) is 6.70. The number of carbonyl (C=O) groups is 1. The van der Waals surface area contributed by atoms with Crippen LogP contribution in [0, 0.1) is 18.6 Å². The van der Waals surface area contributed by atoms with Crippen LogP contribution in [0.4, 0.5) is 19.4 Å². The second-order valence-electron chi connectivity index (χ2n) is 12.9. The van der Waals surface area contributed by atoms with Crippen molar-refractivity contribution in [3.63, 3.8) is 0 Å². The molecule has 6 rings (SSSR count). The van der Waals surface area contributed by atoms with Gasteiger partial charge in [0.2, 0.25) is 0 Å². The van der Waals surface area contributed by atoms with Crippen LogP contribution >= 0.6 is 11.3 Å². The van der Waals surface area contributed by atoms with E-state index < -0.39 is 29.0 Å². The molecule has 4 aromatic heterocycles. The van der Waals surface area contributed by atoms with E-state index in [2.05, 4.69) is 15.0 Å². The fraction of sp³-hybridized carbons (Fsp3) is 0.394. The molecule has 1 aromatic carbocycles. The van der Waals surface area contributed by atoms with E-state index in [9.17, 15) is 9.59 Å². The molecule has 10 nitrogen and oxygen atoms in total. The molecule has 240 valence electrons. The number of benzene rings is 1. The number of aryl methyl sites for hydroxylation is 1. The van der Waals surface area contributed by atoms with Crippen LogP contribution in [0.5, 0.6) is 0 Å². The number of halogens is 2. The number of ether oxygens (including phenoxy) is 1. The molecule has 0 spiro atoms. The summed E-state index contributed by atoms with van der Waals surface area (Å²) in [4.78, 5) is 48.5. The van der Waals surface area contributed by atoms with E-state index in [4.69, 9.17) is 9.72 Å². The molecule has 0 unspecified atom stereocenters. The number of anilines is 1. The highest BCUT2D eigenvalue weighted by Crippen LogP contribution is 2.37. The molecule has 0 aliphatic carbocycles. The van der Waals surface area contributed by atoms with E-state index in [1.807, 2.05) is 32.6 Å². The summed E-state index contributed by atoms with van der Waals surface area (Å²) in [7, 11) is 0. The molecular formula is C33H35F2N7O3S. The highest BCUT2D eigenvalue weighted by atomic mass is 32.1. The molecule has 5 heterocycles. The maximum absolute atomic E-state index is 16.3. The SMILES string of the molecule is Cc1ccnc(C(C)C)c1-n1c(=O)nc(N2CCN(C(=O)OC(C)(C)C)C[C@@H]2C)c2cc(F)c(-c3c(F)ccc4ncsc34)nc21.